The molecule has 19 heavy (non-hydrogen) atoms. The summed E-state index contributed by atoms with van der Waals surface area (Å²) in [6, 6.07) is 2.68. The van der Waals surface area contributed by atoms with Crippen LogP contribution in [0.25, 0.3) is 0 Å². The van der Waals surface area contributed by atoms with Gasteiger partial charge in [0.25, 0.3) is 5.91 Å². The minimum absolute atomic E-state index is 0.0157. The van der Waals surface area contributed by atoms with Crippen LogP contribution in [-0.2, 0) is 15.5 Å². The number of nitrogens with one attached hydrogen (secondary N) is 1. The summed E-state index contributed by atoms with van der Waals surface area (Å²) in [4.78, 5) is 21.9. The molecule has 0 aliphatic heterocycles. The third kappa shape index (κ3) is 3.62. The third-order valence-corrected chi connectivity index (χ3v) is 2.49. The Hall–Kier alpha value is -1.73. The van der Waals surface area contributed by atoms with Gasteiger partial charge in [0.15, 0.2) is 6.04 Å². The average molecular weight is 294 g/mol. The zero-order valence-electron chi connectivity index (χ0n) is 9.44. The van der Waals surface area contributed by atoms with Crippen LogP contribution in [0.5, 0.6) is 0 Å². The molecule has 0 radical (unpaired) electrons. The SMILES string of the molecule is O=C(O)[C@H](CO)NC(=O)C(F)(F)c1cccc(Cl)c1. The highest BCUT2D eigenvalue weighted by Crippen LogP contribution is 2.29. The number of alkyl halides is 2. The molecule has 3 N–H and O–H groups in total. The third-order valence-electron chi connectivity index (χ3n) is 2.26. The van der Waals surface area contributed by atoms with Gasteiger partial charge in [-0.05, 0) is 12.1 Å². The fraction of sp³-hybridized carbons (Fsp3) is 0.273. The molecular weight excluding hydrogens is 284 g/mol. The number of aliphatic carboxylic acids is 1. The predicted molar refractivity (Wildman–Crippen MR) is 62.0 cm³/mol. The number of benzene rings is 1. The number of carboxylic acid groups (broad SMARTS) is 1. The molecule has 0 bridgehead atoms. The van der Waals surface area contributed by atoms with Gasteiger partial charge in [-0.25, -0.2) is 4.79 Å². The van der Waals surface area contributed by atoms with Gasteiger partial charge in [-0.15, -0.1) is 0 Å². The number of hydrogen-bond acceptors (Lipinski definition) is 3. The highest BCUT2D eigenvalue weighted by Gasteiger charge is 2.42. The van der Waals surface area contributed by atoms with Crippen molar-refractivity contribution >= 4 is 23.5 Å². The number of carboxylic acids is 1. The van der Waals surface area contributed by atoms with Crippen molar-refractivity contribution in [2.45, 2.75) is 12.0 Å². The van der Waals surface area contributed by atoms with Crippen LogP contribution in [0.1, 0.15) is 5.56 Å². The van der Waals surface area contributed by atoms with Gasteiger partial charge in [0.2, 0.25) is 0 Å². The van der Waals surface area contributed by atoms with Crippen molar-refractivity contribution in [3.8, 4) is 0 Å². The van der Waals surface area contributed by atoms with Crippen molar-refractivity contribution in [1.29, 1.82) is 0 Å². The first-order valence-corrected chi connectivity index (χ1v) is 5.45. The highest BCUT2D eigenvalue weighted by molar-refractivity contribution is 6.30. The summed E-state index contributed by atoms with van der Waals surface area (Å²) in [6.45, 7) is -0.993. The largest absolute Gasteiger partial charge is 0.480 e. The van der Waals surface area contributed by atoms with E-state index in [2.05, 4.69) is 0 Å². The van der Waals surface area contributed by atoms with Gasteiger partial charge in [-0.3, -0.25) is 4.79 Å². The zero-order chi connectivity index (χ0) is 14.6. The van der Waals surface area contributed by atoms with Crippen LogP contribution >= 0.6 is 11.6 Å². The summed E-state index contributed by atoms with van der Waals surface area (Å²) < 4.78 is 27.5. The molecule has 0 saturated heterocycles. The predicted octanol–water partition coefficient (Wildman–Crippen LogP) is 0.994. The number of halogens is 3. The second kappa shape index (κ2) is 5.94. The van der Waals surface area contributed by atoms with Gasteiger partial charge in [-0.1, -0.05) is 23.7 Å². The summed E-state index contributed by atoms with van der Waals surface area (Å²) in [7, 11) is 0. The zero-order valence-corrected chi connectivity index (χ0v) is 10.2. The van der Waals surface area contributed by atoms with Gasteiger partial charge in [0.1, 0.15) is 0 Å². The molecule has 0 saturated carbocycles. The Bertz CT molecular complexity index is 495. The Morgan fingerprint density at radius 2 is 2.05 bits per heavy atom. The maximum Gasteiger partial charge on any atom is 0.349 e. The van der Waals surface area contributed by atoms with Crippen molar-refractivity contribution in [1.82, 2.24) is 5.32 Å². The van der Waals surface area contributed by atoms with E-state index in [0.29, 0.717) is 0 Å². The Kier molecular flexibility index (Phi) is 4.79. The number of amides is 1. The standard InChI is InChI=1S/C11H10ClF2NO4/c12-7-3-1-2-6(4-7)11(13,14)10(19)15-8(5-16)9(17)18/h1-4,8,16H,5H2,(H,15,19)(H,17,18)/t8-/m0/s1. The van der Waals surface area contributed by atoms with Crippen molar-refractivity contribution in [2.24, 2.45) is 0 Å². The molecule has 5 nitrogen and oxygen atoms in total. The number of carbonyl (C=O) groups excluding carboxylic acids is 1. The van der Waals surface area contributed by atoms with E-state index >= 15 is 0 Å². The van der Waals surface area contributed by atoms with Crippen LogP contribution in [0.3, 0.4) is 0 Å². The molecule has 0 aromatic heterocycles. The van der Waals surface area contributed by atoms with E-state index in [4.69, 9.17) is 21.8 Å². The van der Waals surface area contributed by atoms with E-state index in [-0.39, 0.29) is 5.02 Å². The van der Waals surface area contributed by atoms with Crippen molar-refractivity contribution < 1.29 is 28.6 Å². The van der Waals surface area contributed by atoms with E-state index in [1.54, 1.807) is 5.32 Å². The number of hydrogen-bond donors (Lipinski definition) is 3. The summed E-state index contributed by atoms with van der Waals surface area (Å²) >= 11 is 5.54. The van der Waals surface area contributed by atoms with Crippen molar-refractivity contribution in [3.63, 3.8) is 0 Å². The number of rotatable bonds is 5. The second-order valence-electron chi connectivity index (χ2n) is 3.63. The first kappa shape index (κ1) is 15.3. The molecule has 1 aromatic rings. The van der Waals surface area contributed by atoms with Gasteiger partial charge in [0, 0.05) is 10.6 Å². The number of carbonyl (C=O) groups is 2. The molecule has 0 fully saturated rings. The minimum Gasteiger partial charge on any atom is -0.480 e. The van der Waals surface area contributed by atoms with Crippen molar-refractivity contribution in [2.75, 3.05) is 6.61 Å². The van der Waals surface area contributed by atoms with Crippen LogP contribution in [0, 0.1) is 0 Å². The Morgan fingerprint density at radius 3 is 2.53 bits per heavy atom. The van der Waals surface area contributed by atoms with Gasteiger partial charge >= 0.3 is 11.9 Å². The minimum atomic E-state index is -3.95. The number of aliphatic hydroxyl groups excluding tert-OH is 1. The average Bonchev–Trinajstić information content (AvgIpc) is 2.35. The fourth-order valence-electron chi connectivity index (χ4n) is 1.25. The lowest BCUT2D eigenvalue weighted by Crippen LogP contribution is -2.49. The fourth-order valence-corrected chi connectivity index (χ4v) is 1.44. The number of aliphatic hydroxyl groups is 1. The van der Waals surface area contributed by atoms with Crippen LogP contribution < -0.4 is 5.32 Å². The summed E-state index contributed by atoms with van der Waals surface area (Å²) in [6.07, 6.45) is 0. The van der Waals surface area contributed by atoms with Crippen molar-refractivity contribution in [3.05, 3.63) is 34.9 Å². The molecule has 0 spiro atoms. The Morgan fingerprint density at radius 1 is 1.42 bits per heavy atom. The summed E-state index contributed by atoms with van der Waals surface area (Å²) in [5, 5.41) is 18.8. The molecule has 104 valence electrons. The smallest absolute Gasteiger partial charge is 0.349 e. The molecule has 1 atom stereocenters. The van der Waals surface area contributed by atoms with Crippen LogP contribution in [0.2, 0.25) is 5.02 Å². The monoisotopic (exact) mass is 293 g/mol. The maximum absolute atomic E-state index is 13.7. The van der Waals surface area contributed by atoms with E-state index in [1.807, 2.05) is 0 Å². The quantitative estimate of drug-likeness (QED) is 0.756. The lowest BCUT2D eigenvalue weighted by Gasteiger charge is -2.19. The maximum atomic E-state index is 13.7. The van der Waals surface area contributed by atoms with Crippen LogP contribution in [-0.4, -0.2) is 34.7 Å². The molecule has 1 rings (SSSR count). The van der Waals surface area contributed by atoms with E-state index in [9.17, 15) is 18.4 Å². The Balaban J connectivity index is 2.93. The second-order valence-corrected chi connectivity index (χ2v) is 4.07. The van der Waals surface area contributed by atoms with Crippen LogP contribution in [0.15, 0.2) is 24.3 Å². The molecule has 0 aliphatic rings. The van der Waals surface area contributed by atoms with E-state index in [0.717, 1.165) is 12.1 Å². The first-order chi connectivity index (χ1) is 8.78. The van der Waals surface area contributed by atoms with Gasteiger partial charge in [-0.2, -0.15) is 8.78 Å². The van der Waals surface area contributed by atoms with Crippen LogP contribution in [0.4, 0.5) is 8.78 Å². The van der Waals surface area contributed by atoms with E-state index in [1.165, 1.54) is 12.1 Å². The lowest BCUT2D eigenvalue weighted by atomic mass is 10.1. The molecule has 1 amide bonds. The topological polar surface area (TPSA) is 86.6 Å². The Labute approximate surface area is 111 Å². The molecule has 0 aliphatic carbocycles. The molecular formula is C11H10ClF2NO4. The highest BCUT2D eigenvalue weighted by atomic mass is 35.5. The molecule has 8 heteroatoms. The molecule has 0 heterocycles. The normalized spacial score (nSPS) is 12.8. The summed E-state index contributed by atoms with van der Waals surface area (Å²) in [5.74, 6) is -7.39. The molecule has 0 unspecified atom stereocenters. The summed E-state index contributed by atoms with van der Waals surface area (Å²) in [5.41, 5.74) is -0.667. The molecule has 1 aromatic carbocycles. The van der Waals surface area contributed by atoms with Gasteiger partial charge in [0.05, 0.1) is 6.61 Å². The first-order valence-electron chi connectivity index (χ1n) is 5.07. The van der Waals surface area contributed by atoms with E-state index < -0.39 is 36.0 Å². The lowest BCUT2D eigenvalue weighted by molar-refractivity contribution is -0.153. The van der Waals surface area contributed by atoms with Gasteiger partial charge < -0.3 is 15.5 Å².